The van der Waals surface area contributed by atoms with E-state index >= 15 is 0 Å². The summed E-state index contributed by atoms with van der Waals surface area (Å²) in [6, 6.07) is 15.9. The predicted molar refractivity (Wildman–Crippen MR) is 83.9 cm³/mol. The second-order valence-electron chi connectivity index (χ2n) is 5.74. The van der Waals surface area contributed by atoms with Crippen LogP contribution < -0.4 is 5.32 Å². The van der Waals surface area contributed by atoms with Gasteiger partial charge >= 0.3 is 0 Å². The summed E-state index contributed by atoms with van der Waals surface area (Å²) in [4.78, 5) is 0. The Morgan fingerprint density at radius 3 is 2.60 bits per heavy atom. The number of hydrogen-bond acceptors (Lipinski definition) is 2. The van der Waals surface area contributed by atoms with Gasteiger partial charge in [-0.2, -0.15) is 0 Å². The zero-order chi connectivity index (χ0) is 13.8. The second kappa shape index (κ2) is 6.38. The van der Waals surface area contributed by atoms with Gasteiger partial charge < -0.3 is 10.1 Å². The molecule has 2 aromatic rings. The zero-order valence-electron chi connectivity index (χ0n) is 12.1. The Morgan fingerprint density at radius 2 is 1.85 bits per heavy atom. The molecule has 0 aromatic heterocycles. The Balaban J connectivity index is 1.79. The summed E-state index contributed by atoms with van der Waals surface area (Å²) in [5.41, 5.74) is 1.40. The lowest BCUT2D eigenvalue weighted by Crippen LogP contribution is -2.23. The highest BCUT2D eigenvalue weighted by Gasteiger charge is 2.19. The fourth-order valence-electron chi connectivity index (χ4n) is 3.16. The maximum Gasteiger partial charge on any atom is 0.0468 e. The van der Waals surface area contributed by atoms with E-state index in [0.29, 0.717) is 6.04 Å². The molecule has 0 amide bonds. The lowest BCUT2D eigenvalue weighted by Gasteiger charge is -2.27. The van der Waals surface area contributed by atoms with E-state index in [1.54, 1.807) is 0 Å². The Labute approximate surface area is 121 Å². The average molecular weight is 269 g/mol. The summed E-state index contributed by atoms with van der Waals surface area (Å²) < 4.78 is 5.46. The quantitative estimate of drug-likeness (QED) is 0.908. The van der Waals surface area contributed by atoms with E-state index in [1.165, 1.54) is 35.6 Å². The van der Waals surface area contributed by atoms with Gasteiger partial charge in [-0.05, 0) is 54.6 Å². The van der Waals surface area contributed by atoms with Gasteiger partial charge in [0.1, 0.15) is 0 Å². The fourth-order valence-corrected chi connectivity index (χ4v) is 3.16. The SMILES string of the molecule is CNC(CC1CCOCC1)c1ccc2ccccc2c1. The van der Waals surface area contributed by atoms with Gasteiger partial charge in [0, 0.05) is 19.3 Å². The van der Waals surface area contributed by atoms with E-state index in [9.17, 15) is 0 Å². The second-order valence-corrected chi connectivity index (χ2v) is 5.74. The van der Waals surface area contributed by atoms with Crippen molar-refractivity contribution in [2.75, 3.05) is 20.3 Å². The van der Waals surface area contributed by atoms with E-state index in [-0.39, 0.29) is 0 Å². The molecule has 2 aromatic carbocycles. The number of ether oxygens (including phenoxy) is 1. The van der Waals surface area contributed by atoms with Crippen molar-refractivity contribution >= 4 is 10.8 Å². The van der Waals surface area contributed by atoms with Crippen LogP contribution in [0.5, 0.6) is 0 Å². The summed E-state index contributed by atoms with van der Waals surface area (Å²) in [5, 5.41) is 6.14. The van der Waals surface area contributed by atoms with Crippen molar-refractivity contribution in [1.29, 1.82) is 0 Å². The van der Waals surface area contributed by atoms with E-state index in [1.807, 2.05) is 0 Å². The third-order valence-electron chi connectivity index (χ3n) is 4.43. The molecule has 0 bridgehead atoms. The molecule has 1 saturated heterocycles. The van der Waals surface area contributed by atoms with Crippen molar-refractivity contribution in [1.82, 2.24) is 5.32 Å². The number of benzene rings is 2. The first kappa shape index (κ1) is 13.6. The van der Waals surface area contributed by atoms with Crippen LogP contribution in [0.1, 0.15) is 30.9 Å². The van der Waals surface area contributed by atoms with Crippen LogP contribution in [0, 0.1) is 5.92 Å². The summed E-state index contributed by atoms with van der Waals surface area (Å²) in [6.45, 7) is 1.86. The Kier molecular flexibility index (Phi) is 4.34. The van der Waals surface area contributed by atoms with Crippen molar-refractivity contribution in [3.63, 3.8) is 0 Å². The van der Waals surface area contributed by atoms with Crippen molar-refractivity contribution in [2.45, 2.75) is 25.3 Å². The topological polar surface area (TPSA) is 21.3 Å². The molecule has 20 heavy (non-hydrogen) atoms. The molecule has 0 aliphatic carbocycles. The Bertz CT molecular complexity index is 560. The highest BCUT2D eigenvalue weighted by Crippen LogP contribution is 2.29. The van der Waals surface area contributed by atoms with Crippen LogP contribution in [0.4, 0.5) is 0 Å². The summed E-state index contributed by atoms with van der Waals surface area (Å²) >= 11 is 0. The van der Waals surface area contributed by atoms with Crippen LogP contribution >= 0.6 is 0 Å². The molecule has 2 nitrogen and oxygen atoms in total. The largest absolute Gasteiger partial charge is 0.381 e. The smallest absolute Gasteiger partial charge is 0.0468 e. The third-order valence-corrected chi connectivity index (χ3v) is 4.43. The molecule has 0 spiro atoms. The molecule has 1 heterocycles. The normalized spacial score (nSPS) is 18.2. The molecule has 2 heteroatoms. The van der Waals surface area contributed by atoms with E-state index < -0.39 is 0 Å². The third kappa shape index (κ3) is 3.02. The monoisotopic (exact) mass is 269 g/mol. The molecule has 1 unspecified atom stereocenters. The molecule has 1 aliphatic heterocycles. The number of rotatable bonds is 4. The molecule has 1 atom stereocenters. The first-order chi connectivity index (χ1) is 9.86. The van der Waals surface area contributed by atoms with Gasteiger partial charge in [-0.25, -0.2) is 0 Å². The van der Waals surface area contributed by atoms with Gasteiger partial charge in [0.25, 0.3) is 0 Å². The van der Waals surface area contributed by atoms with E-state index in [4.69, 9.17) is 4.74 Å². The van der Waals surface area contributed by atoms with Gasteiger partial charge in [0.15, 0.2) is 0 Å². The highest BCUT2D eigenvalue weighted by molar-refractivity contribution is 5.83. The van der Waals surface area contributed by atoms with Crippen molar-refractivity contribution in [2.24, 2.45) is 5.92 Å². The first-order valence-electron chi connectivity index (χ1n) is 7.60. The lowest BCUT2D eigenvalue weighted by atomic mass is 9.89. The molecular formula is C18H23NO. The van der Waals surface area contributed by atoms with Gasteiger partial charge in [-0.15, -0.1) is 0 Å². The summed E-state index contributed by atoms with van der Waals surface area (Å²) in [5.74, 6) is 0.785. The minimum absolute atomic E-state index is 0.447. The molecule has 1 fully saturated rings. The molecule has 1 N–H and O–H groups in total. The molecule has 106 valence electrons. The summed E-state index contributed by atoms with van der Waals surface area (Å²) in [7, 11) is 2.07. The maximum atomic E-state index is 5.46. The van der Waals surface area contributed by atoms with Gasteiger partial charge in [-0.3, -0.25) is 0 Å². The van der Waals surface area contributed by atoms with Gasteiger partial charge in [-0.1, -0.05) is 36.4 Å². The first-order valence-corrected chi connectivity index (χ1v) is 7.60. The maximum absolute atomic E-state index is 5.46. The van der Waals surface area contributed by atoms with Crippen LogP contribution in [0.2, 0.25) is 0 Å². The van der Waals surface area contributed by atoms with Gasteiger partial charge in [0.2, 0.25) is 0 Å². The van der Waals surface area contributed by atoms with Gasteiger partial charge in [0.05, 0.1) is 0 Å². The van der Waals surface area contributed by atoms with Crippen LogP contribution in [0.25, 0.3) is 10.8 Å². The van der Waals surface area contributed by atoms with Crippen molar-refractivity contribution in [3.8, 4) is 0 Å². The predicted octanol–water partition coefficient (Wildman–Crippen LogP) is 3.92. The minimum Gasteiger partial charge on any atom is -0.381 e. The number of fused-ring (bicyclic) bond motifs is 1. The molecule has 1 aliphatic rings. The van der Waals surface area contributed by atoms with Crippen molar-refractivity contribution in [3.05, 3.63) is 48.0 Å². The van der Waals surface area contributed by atoms with Crippen LogP contribution in [0.3, 0.4) is 0 Å². The molecule has 0 radical (unpaired) electrons. The Morgan fingerprint density at radius 1 is 1.10 bits per heavy atom. The average Bonchev–Trinajstić information content (AvgIpc) is 2.53. The van der Waals surface area contributed by atoms with Crippen molar-refractivity contribution < 1.29 is 4.74 Å². The molecule has 3 rings (SSSR count). The lowest BCUT2D eigenvalue weighted by molar-refractivity contribution is 0.0608. The van der Waals surface area contributed by atoms with Crippen LogP contribution in [-0.4, -0.2) is 20.3 Å². The number of hydrogen-bond donors (Lipinski definition) is 1. The van der Waals surface area contributed by atoms with Crippen LogP contribution in [-0.2, 0) is 4.74 Å². The summed E-state index contributed by atoms with van der Waals surface area (Å²) in [6.07, 6.45) is 3.61. The number of nitrogens with one attached hydrogen (secondary N) is 1. The zero-order valence-corrected chi connectivity index (χ0v) is 12.1. The standard InChI is InChI=1S/C18H23NO/c1-19-18(12-14-8-10-20-11-9-14)17-7-6-15-4-2-3-5-16(15)13-17/h2-7,13-14,18-19H,8-12H2,1H3. The fraction of sp³-hybridized carbons (Fsp3) is 0.444. The van der Waals surface area contributed by atoms with E-state index in [2.05, 4.69) is 54.8 Å². The Hall–Kier alpha value is -1.38. The minimum atomic E-state index is 0.447. The van der Waals surface area contributed by atoms with Crippen LogP contribution in [0.15, 0.2) is 42.5 Å². The molecule has 0 saturated carbocycles. The van der Waals surface area contributed by atoms with E-state index in [0.717, 1.165) is 19.1 Å². The molecular weight excluding hydrogens is 246 g/mol. The highest BCUT2D eigenvalue weighted by atomic mass is 16.5.